The van der Waals surface area contributed by atoms with Crippen molar-refractivity contribution in [1.82, 2.24) is 4.72 Å². The number of sulfonamides is 1. The van der Waals surface area contributed by atoms with E-state index in [9.17, 15) is 22.8 Å². The molecule has 0 aliphatic rings. The number of hydrogen-bond acceptors (Lipinski definition) is 7. The average molecular weight is 484 g/mol. The lowest BCUT2D eigenvalue weighted by atomic mass is 10.3. The van der Waals surface area contributed by atoms with Crippen LogP contribution in [0.15, 0.2) is 47.4 Å². The minimum absolute atomic E-state index is 0.0301. The fourth-order valence-corrected chi connectivity index (χ4v) is 3.74. The van der Waals surface area contributed by atoms with Gasteiger partial charge in [0.15, 0.2) is 6.61 Å². The first-order valence-electron chi connectivity index (χ1n) is 9.27. The van der Waals surface area contributed by atoms with E-state index in [-0.39, 0.29) is 23.8 Å². The molecule has 0 fully saturated rings. The maximum atomic E-state index is 12.3. The number of carbonyl (C=O) groups is 3. The molecule has 2 aromatic rings. The monoisotopic (exact) mass is 483 g/mol. The second-order valence-corrected chi connectivity index (χ2v) is 8.59. The zero-order valence-corrected chi connectivity index (χ0v) is 18.9. The smallest absolute Gasteiger partial charge is 0.307 e. The number of anilines is 2. The predicted octanol–water partition coefficient (Wildman–Crippen LogP) is 2.16. The van der Waals surface area contributed by atoms with E-state index in [1.807, 2.05) is 0 Å². The highest BCUT2D eigenvalue weighted by atomic mass is 35.5. The first kappa shape index (κ1) is 25.1. The first-order chi connectivity index (χ1) is 15.1. The minimum atomic E-state index is -3.86. The number of nitrogens with one attached hydrogen (secondary N) is 3. The van der Waals surface area contributed by atoms with Crippen molar-refractivity contribution >= 4 is 50.8 Å². The number of benzene rings is 2. The summed E-state index contributed by atoms with van der Waals surface area (Å²) < 4.78 is 36.6. The minimum Gasteiger partial charge on any atom is -0.495 e. The summed E-state index contributed by atoms with van der Waals surface area (Å²) in [6, 6.07) is 10.2. The quantitative estimate of drug-likeness (QED) is 0.440. The predicted molar refractivity (Wildman–Crippen MR) is 118 cm³/mol. The molecule has 12 heteroatoms. The van der Waals surface area contributed by atoms with Gasteiger partial charge in [0.2, 0.25) is 15.9 Å². The normalized spacial score (nSPS) is 10.8. The van der Waals surface area contributed by atoms with Crippen molar-refractivity contribution in [3.63, 3.8) is 0 Å². The van der Waals surface area contributed by atoms with Crippen molar-refractivity contribution in [1.29, 1.82) is 0 Å². The van der Waals surface area contributed by atoms with Gasteiger partial charge < -0.3 is 20.1 Å². The highest BCUT2D eigenvalue weighted by Crippen LogP contribution is 2.27. The molecule has 3 N–H and O–H groups in total. The van der Waals surface area contributed by atoms with Crippen LogP contribution in [0, 0.1) is 0 Å². The van der Waals surface area contributed by atoms with Crippen LogP contribution in [0.2, 0.25) is 5.02 Å². The Morgan fingerprint density at radius 1 is 1.00 bits per heavy atom. The SMILES string of the molecule is COc1ccc(NC(=O)COC(=O)CCNS(=O)(=O)c2ccc(NC(C)=O)cc2)cc1Cl. The number of halogens is 1. The second kappa shape index (κ2) is 11.5. The Labute approximate surface area is 190 Å². The molecule has 32 heavy (non-hydrogen) atoms. The summed E-state index contributed by atoms with van der Waals surface area (Å²) >= 11 is 5.97. The van der Waals surface area contributed by atoms with Crippen LogP contribution < -0.4 is 20.1 Å². The number of esters is 1. The lowest BCUT2D eigenvalue weighted by molar-refractivity contribution is -0.147. The number of rotatable bonds is 10. The molecule has 2 aromatic carbocycles. The van der Waals surface area contributed by atoms with Crippen molar-refractivity contribution in [3.05, 3.63) is 47.5 Å². The van der Waals surface area contributed by atoms with E-state index in [1.165, 1.54) is 44.4 Å². The molecule has 10 nitrogen and oxygen atoms in total. The summed E-state index contributed by atoms with van der Waals surface area (Å²) in [6.07, 6.45) is -0.273. The van der Waals surface area contributed by atoms with Crippen molar-refractivity contribution in [2.45, 2.75) is 18.2 Å². The summed E-state index contributed by atoms with van der Waals surface area (Å²) in [7, 11) is -2.39. The van der Waals surface area contributed by atoms with Gasteiger partial charge in [0.25, 0.3) is 5.91 Å². The van der Waals surface area contributed by atoms with E-state index in [0.717, 1.165) is 0 Å². The topological polar surface area (TPSA) is 140 Å². The zero-order chi connectivity index (χ0) is 23.7. The van der Waals surface area contributed by atoms with Gasteiger partial charge in [0, 0.05) is 24.8 Å². The van der Waals surface area contributed by atoms with E-state index >= 15 is 0 Å². The summed E-state index contributed by atoms with van der Waals surface area (Å²) in [5, 5.41) is 5.35. The Hall–Kier alpha value is -3.15. The summed E-state index contributed by atoms with van der Waals surface area (Å²) in [4.78, 5) is 34.7. The molecule has 0 aliphatic carbocycles. The van der Waals surface area contributed by atoms with Crippen molar-refractivity contribution < 1.29 is 32.3 Å². The van der Waals surface area contributed by atoms with Gasteiger partial charge in [0.05, 0.1) is 23.4 Å². The van der Waals surface area contributed by atoms with Crippen LogP contribution >= 0.6 is 11.6 Å². The standard InChI is InChI=1S/C20H22ClN3O7S/c1-13(25)23-14-3-6-16(7-4-14)32(28,29)22-10-9-20(27)31-12-19(26)24-15-5-8-18(30-2)17(21)11-15/h3-8,11,22H,9-10,12H2,1-2H3,(H,23,25)(H,24,26). The molecule has 0 unspecified atom stereocenters. The van der Waals surface area contributed by atoms with Gasteiger partial charge in [-0.2, -0.15) is 0 Å². The summed E-state index contributed by atoms with van der Waals surface area (Å²) in [6.45, 7) is 0.577. The molecular formula is C20H22ClN3O7S. The van der Waals surface area contributed by atoms with Crippen LogP contribution in [0.1, 0.15) is 13.3 Å². The molecule has 0 radical (unpaired) electrons. The highest BCUT2D eigenvalue weighted by molar-refractivity contribution is 7.89. The fourth-order valence-electron chi connectivity index (χ4n) is 2.45. The van der Waals surface area contributed by atoms with E-state index in [4.69, 9.17) is 21.1 Å². The summed E-state index contributed by atoms with van der Waals surface area (Å²) in [5.74, 6) is -1.17. The fraction of sp³-hybridized carbons (Fsp3) is 0.250. The van der Waals surface area contributed by atoms with Crippen LogP contribution in [0.4, 0.5) is 11.4 Å². The molecule has 0 aromatic heterocycles. The Kier molecular flexibility index (Phi) is 9.00. The summed E-state index contributed by atoms with van der Waals surface area (Å²) in [5.41, 5.74) is 0.851. The average Bonchev–Trinajstić information content (AvgIpc) is 2.72. The van der Waals surface area contributed by atoms with Crippen molar-refractivity contribution in [2.75, 3.05) is 30.9 Å². The van der Waals surface area contributed by atoms with Crippen molar-refractivity contribution in [3.8, 4) is 5.75 Å². The third-order valence-corrected chi connectivity index (χ3v) is 5.68. The lowest BCUT2D eigenvalue weighted by Crippen LogP contribution is -2.28. The molecule has 0 spiro atoms. The van der Waals surface area contributed by atoms with Crippen LogP contribution in [-0.2, 0) is 29.1 Å². The van der Waals surface area contributed by atoms with Crippen LogP contribution in [-0.4, -0.2) is 46.5 Å². The number of hydrogen-bond donors (Lipinski definition) is 3. The molecule has 0 saturated carbocycles. The van der Waals surface area contributed by atoms with Gasteiger partial charge >= 0.3 is 5.97 Å². The second-order valence-electron chi connectivity index (χ2n) is 6.41. The number of methoxy groups -OCH3 is 1. The Morgan fingerprint density at radius 3 is 2.25 bits per heavy atom. The molecule has 0 bridgehead atoms. The Bertz CT molecular complexity index is 1090. The third kappa shape index (κ3) is 7.84. The molecule has 0 saturated heterocycles. The molecule has 2 rings (SSSR count). The third-order valence-electron chi connectivity index (χ3n) is 3.91. The van der Waals surface area contributed by atoms with Crippen LogP contribution in [0.3, 0.4) is 0 Å². The van der Waals surface area contributed by atoms with Gasteiger partial charge in [-0.15, -0.1) is 0 Å². The van der Waals surface area contributed by atoms with E-state index in [0.29, 0.717) is 22.1 Å². The molecular weight excluding hydrogens is 462 g/mol. The van der Waals surface area contributed by atoms with Gasteiger partial charge in [-0.25, -0.2) is 13.1 Å². The van der Waals surface area contributed by atoms with Gasteiger partial charge in [-0.3, -0.25) is 14.4 Å². The number of ether oxygens (including phenoxy) is 2. The molecule has 0 aliphatic heterocycles. The zero-order valence-electron chi connectivity index (χ0n) is 17.3. The van der Waals surface area contributed by atoms with Gasteiger partial charge in [-0.05, 0) is 42.5 Å². The molecule has 0 heterocycles. The largest absolute Gasteiger partial charge is 0.495 e. The Morgan fingerprint density at radius 2 is 1.66 bits per heavy atom. The van der Waals surface area contributed by atoms with Crippen LogP contribution in [0.5, 0.6) is 5.75 Å². The van der Waals surface area contributed by atoms with Gasteiger partial charge in [-0.1, -0.05) is 11.6 Å². The molecule has 172 valence electrons. The van der Waals surface area contributed by atoms with E-state index < -0.39 is 28.5 Å². The maximum absolute atomic E-state index is 12.3. The Balaban J connectivity index is 1.76. The number of amides is 2. The highest BCUT2D eigenvalue weighted by Gasteiger charge is 2.15. The van der Waals surface area contributed by atoms with Gasteiger partial charge in [0.1, 0.15) is 5.75 Å². The van der Waals surface area contributed by atoms with E-state index in [1.54, 1.807) is 12.1 Å². The first-order valence-corrected chi connectivity index (χ1v) is 11.1. The van der Waals surface area contributed by atoms with Crippen molar-refractivity contribution in [2.24, 2.45) is 0 Å². The van der Waals surface area contributed by atoms with E-state index in [2.05, 4.69) is 15.4 Å². The van der Waals surface area contributed by atoms with Crippen LogP contribution in [0.25, 0.3) is 0 Å². The molecule has 2 amide bonds. The molecule has 0 atom stereocenters. The number of carbonyl (C=O) groups excluding carboxylic acids is 3. The maximum Gasteiger partial charge on any atom is 0.307 e. The lowest BCUT2D eigenvalue weighted by Gasteiger charge is -2.09.